The predicted molar refractivity (Wildman–Crippen MR) is 55.3 cm³/mol. The molecule has 14 heavy (non-hydrogen) atoms. The number of nitrogens with zero attached hydrogens (tertiary/aromatic N) is 2. The van der Waals surface area contributed by atoms with Crippen molar-refractivity contribution in [1.82, 2.24) is 9.80 Å². The van der Waals surface area contributed by atoms with E-state index in [0.29, 0.717) is 0 Å². The van der Waals surface area contributed by atoms with Gasteiger partial charge in [0.25, 0.3) is 0 Å². The predicted octanol–water partition coefficient (Wildman–Crippen LogP) is 0.343. The van der Waals surface area contributed by atoms with E-state index in [4.69, 9.17) is 5.11 Å². The average Bonchev–Trinajstić information content (AvgIpc) is 2.02. The molecule has 4 heteroatoms. The van der Waals surface area contributed by atoms with Crippen LogP contribution in [0.5, 0.6) is 0 Å². The molecule has 2 atom stereocenters. The van der Waals surface area contributed by atoms with Crippen LogP contribution in [0.25, 0.3) is 0 Å². The Bertz CT molecular complexity index is 206. The molecule has 0 aliphatic carbocycles. The minimum absolute atomic E-state index is 0.265. The van der Waals surface area contributed by atoms with Crippen LogP contribution in [-0.2, 0) is 4.79 Å². The van der Waals surface area contributed by atoms with Crippen LogP contribution in [0.15, 0.2) is 0 Å². The minimum Gasteiger partial charge on any atom is -0.480 e. The minimum atomic E-state index is -0.699. The Kier molecular flexibility index (Phi) is 3.89. The topological polar surface area (TPSA) is 43.8 Å². The van der Waals surface area contributed by atoms with Gasteiger partial charge in [-0.25, -0.2) is 0 Å². The second-order valence-corrected chi connectivity index (χ2v) is 4.41. The van der Waals surface area contributed by atoms with E-state index in [1.165, 1.54) is 0 Å². The fourth-order valence-electron chi connectivity index (χ4n) is 2.31. The number of hydrogen-bond donors (Lipinski definition) is 1. The van der Waals surface area contributed by atoms with Crippen LogP contribution in [-0.4, -0.2) is 61.2 Å². The second kappa shape index (κ2) is 4.75. The van der Waals surface area contributed by atoms with Crippen LogP contribution in [0.4, 0.5) is 0 Å². The van der Waals surface area contributed by atoms with Gasteiger partial charge in [0.2, 0.25) is 0 Å². The second-order valence-electron chi connectivity index (χ2n) is 4.41. The summed E-state index contributed by atoms with van der Waals surface area (Å²) in [6.07, 6.45) is 2.14. The lowest BCUT2D eigenvalue weighted by Gasteiger charge is -2.35. The quantitative estimate of drug-likeness (QED) is 0.713. The lowest BCUT2D eigenvalue weighted by Crippen LogP contribution is -2.48. The standard InChI is InChI=1S/C10H20N2O2/c1-11(2)9(10(13)14)8-5-4-6-12(3)7-8/h8-9H,4-7H2,1-3H3,(H,13,14). The third-order valence-corrected chi connectivity index (χ3v) is 2.92. The Morgan fingerprint density at radius 1 is 1.57 bits per heavy atom. The summed E-state index contributed by atoms with van der Waals surface area (Å²) in [6.45, 7) is 1.99. The van der Waals surface area contributed by atoms with Crippen molar-refractivity contribution in [2.45, 2.75) is 18.9 Å². The molecule has 1 fully saturated rings. The molecule has 82 valence electrons. The fourth-order valence-corrected chi connectivity index (χ4v) is 2.31. The van der Waals surface area contributed by atoms with Crippen LogP contribution in [0, 0.1) is 5.92 Å². The van der Waals surface area contributed by atoms with Gasteiger partial charge < -0.3 is 10.0 Å². The van der Waals surface area contributed by atoms with E-state index in [-0.39, 0.29) is 12.0 Å². The van der Waals surface area contributed by atoms with Crippen LogP contribution in [0.2, 0.25) is 0 Å². The van der Waals surface area contributed by atoms with Gasteiger partial charge in [-0.1, -0.05) is 0 Å². The maximum absolute atomic E-state index is 11.1. The molecule has 1 heterocycles. The van der Waals surface area contributed by atoms with Crippen molar-refractivity contribution in [3.05, 3.63) is 0 Å². The summed E-state index contributed by atoms with van der Waals surface area (Å²) < 4.78 is 0. The number of carboxylic acids is 1. The zero-order valence-corrected chi connectivity index (χ0v) is 9.23. The lowest BCUT2D eigenvalue weighted by molar-refractivity contribution is -0.145. The van der Waals surface area contributed by atoms with Crippen molar-refractivity contribution < 1.29 is 9.90 Å². The molecule has 2 unspecified atom stereocenters. The molecule has 4 nitrogen and oxygen atoms in total. The highest BCUT2D eigenvalue weighted by molar-refractivity contribution is 5.73. The van der Waals surface area contributed by atoms with E-state index in [1.54, 1.807) is 0 Å². The normalized spacial score (nSPS) is 26.4. The number of aliphatic carboxylic acids is 1. The maximum Gasteiger partial charge on any atom is 0.321 e. The van der Waals surface area contributed by atoms with Crippen molar-refractivity contribution >= 4 is 5.97 Å². The van der Waals surface area contributed by atoms with E-state index in [9.17, 15) is 4.79 Å². The van der Waals surface area contributed by atoms with Gasteiger partial charge >= 0.3 is 5.97 Å². The van der Waals surface area contributed by atoms with Gasteiger partial charge in [0.05, 0.1) is 0 Å². The van der Waals surface area contributed by atoms with E-state index in [1.807, 2.05) is 19.0 Å². The zero-order chi connectivity index (χ0) is 10.7. The Hall–Kier alpha value is -0.610. The average molecular weight is 200 g/mol. The SMILES string of the molecule is CN1CCCC(C(C(=O)O)N(C)C)C1. The van der Waals surface area contributed by atoms with Crippen LogP contribution >= 0.6 is 0 Å². The molecular formula is C10H20N2O2. The molecule has 1 saturated heterocycles. The summed E-state index contributed by atoms with van der Waals surface area (Å²) in [5.74, 6) is -0.434. The van der Waals surface area contributed by atoms with Crippen molar-refractivity contribution in [2.24, 2.45) is 5.92 Å². The van der Waals surface area contributed by atoms with Crippen molar-refractivity contribution in [1.29, 1.82) is 0 Å². The molecule has 0 aromatic rings. The summed E-state index contributed by atoms with van der Waals surface area (Å²) in [6, 6.07) is -0.335. The third kappa shape index (κ3) is 2.69. The molecule has 0 radical (unpaired) electrons. The fraction of sp³-hybridized carbons (Fsp3) is 0.900. The summed E-state index contributed by atoms with van der Waals surface area (Å²) in [5, 5.41) is 9.12. The Balaban J connectivity index is 2.63. The van der Waals surface area contributed by atoms with Crippen molar-refractivity contribution in [2.75, 3.05) is 34.2 Å². The first kappa shape index (κ1) is 11.5. The van der Waals surface area contributed by atoms with Gasteiger partial charge in [0.1, 0.15) is 6.04 Å². The molecule has 1 N–H and O–H groups in total. The highest BCUT2D eigenvalue weighted by atomic mass is 16.4. The maximum atomic E-state index is 11.1. The molecular weight excluding hydrogens is 180 g/mol. The molecule has 0 bridgehead atoms. The Labute approximate surface area is 85.5 Å². The first-order valence-corrected chi connectivity index (χ1v) is 5.10. The highest BCUT2D eigenvalue weighted by Gasteiger charge is 2.32. The molecule has 0 spiro atoms. The van der Waals surface area contributed by atoms with Crippen LogP contribution < -0.4 is 0 Å². The molecule has 0 aromatic carbocycles. The number of carboxylic acid groups (broad SMARTS) is 1. The van der Waals surface area contributed by atoms with Gasteiger partial charge in [-0.2, -0.15) is 0 Å². The largest absolute Gasteiger partial charge is 0.480 e. The van der Waals surface area contributed by atoms with Gasteiger partial charge in [-0.15, -0.1) is 0 Å². The zero-order valence-electron chi connectivity index (χ0n) is 9.23. The number of likely N-dealkylation sites (tertiary alicyclic amines) is 1. The molecule has 1 aliphatic rings. The van der Waals surface area contributed by atoms with E-state index < -0.39 is 5.97 Å². The van der Waals surface area contributed by atoms with Crippen molar-refractivity contribution in [3.63, 3.8) is 0 Å². The molecule has 0 aromatic heterocycles. The highest BCUT2D eigenvalue weighted by Crippen LogP contribution is 2.21. The number of rotatable bonds is 3. The molecule has 0 saturated carbocycles. The van der Waals surface area contributed by atoms with E-state index in [2.05, 4.69) is 11.9 Å². The molecule has 1 aliphatic heterocycles. The first-order valence-electron chi connectivity index (χ1n) is 5.10. The summed E-state index contributed by atoms with van der Waals surface area (Å²) in [5.41, 5.74) is 0. The van der Waals surface area contributed by atoms with Gasteiger partial charge in [0, 0.05) is 6.54 Å². The van der Waals surface area contributed by atoms with Crippen LogP contribution in [0.1, 0.15) is 12.8 Å². The smallest absolute Gasteiger partial charge is 0.321 e. The Morgan fingerprint density at radius 3 is 2.64 bits per heavy atom. The summed E-state index contributed by atoms with van der Waals surface area (Å²) in [4.78, 5) is 15.1. The summed E-state index contributed by atoms with van der Waals surface area (Å²) >= 11 is 0. The Morgan fingerprint density at radius 2 is 2.21 bits per heavy atom. The summed E-state index contributed by atoms with van der Waals surface area (Å²) in [7, 11) is 5.74. The number of carbonyl (C=O) groups is 1. The number of piperidine rings is 1. The van der Waals surface area contributed by atoms with E-state index >= 15 is 0 Å². The third-order valence-electron chi connectivity index (χ3n) is 2.92. The van der Waals surface area contributed by atoms with Crippen molar-refractivity contribution in [3.8, 4) is 0 Å². The van der Waals surface area contributed by atoms with Gasteiger partial charge in [-0.05, 0) is 46.4 Å². The number of likely N-dealkylation sites (N-methyl/N-ethyl adjacent to an activating group) is 1. The van der Waals surface area contributed by atoms with E-state index in [0.717, 1.165) is 25.9 Å². The van der Waals surface area contributed by atoms with Gasteiger partial charge in [-0.3, -0.25) is 9.69 Å². The number of hydrogen-bond acceptors (Lipinski definition) is 3. The monoisotopic (exact) mass is 200 g/mol. The lowest BCUT2D eigenvalue weighted by atomic mass is 9.90. The van der Waals surface area contributed by atoms with Crippen LogP contribution in [0.3, 0.4) is 0 Å². The first-order chi connectivity index (χ1) is 6.52. The molecule has 0 amide bonds. The van der Waals surface area contributed by atoms with Gasteiger partial charge in [0.15, 0.2) is 0 Å². The molecule has 1 rings (SSSR count).